The van der Waals surface area contributed by atoms with Crippen molar-refractivity contribution >= 4 is 11.6 Å². The van der Waals surface area contributed by atoms with Crippen molar-refractivity contribution in [2.24, 2.45) is 5.92 Å². The Kier molecular flexibility index (Phi) is 3.76. The molecule has 0 saturated carbocycles. The molecule has 0 radical (unpaired) electrons. The maximum Gasteiger partial charge on any atom is 0.240 e. The van der Waals surface area contributed by atoms with Gasteiger partial charge in [-0.15, -0.1) is 0 Å². The Morgan fingerprint density at radius 2 is 2.18 bits per heavy atom. The van der Waals surface area contributed by atoms with E-state index in [1.807, 2.05) is 31.2 Å². The highest BCUT2D eigenvalue weighted by atomic mass is 16.3. The van der Waals surface area contributed by atoms with Crippen LogP contribution in [0.25, 0.3) is 0 Å². The lowest BCUT2D eigenvalue weighted by Crippen LogP contribution is -2.39. The van der Waals surface area contributed by atoms with Gasteiger partial charge in [0.2, 0.25) is 5.91 Å². The second-order valence-electron chi connectivity index (χ2n) is 4.52. The van der Waals surface area contributed by atoms with Crippen LogP contribution in [0.15, 0.2) is 24.3 Å². The number of amides is 1. The first-order chi connectivity index (χ1) is 8.22. The lowest BCUT2D eigenvalue weighted by molar-refractivity contribution is -0.117. The van der Waals surface area contributed by atoms with Crippen molar-refractivity contribution in [1.29, 1.82) is 0 Å². The molecular weight excluding hydrogens is 216 g/mol. The van der Waals surface area contributed by atoms with Crippen molar-refractivity contribution in [3.8, 4) is 0 Å². The van der Waals surface area contributed by atoms with Crippen molar-refractivity contribution < 1.29 is 9.90 Å². The zero-order valence-electron chi connectivity index (χ0n) is 10.0. The van der Waals surface area contributed by atoms with Crippen LogP contribution < -0.4 is 10.2 Å². The van der Waals surface area contributed by atoms with Gasteiger partial charge in [-0.25, -0.2) is 0 Å². The van der Waals surface area contributed by atoms with E-state index in [1.54, 1.807) is 4.90 Å². The van der Waals surface area contributed by atoms with Gasteiger partial charge in [0.05, 0.1) is 6.54 Å². The van der Waals surface area contributed by atoms with E-state index < -0.39 is 0 Å². The Labute approximate surface area is 101 Å². The minimum Gasteiger partial charge on any atom is -0.396 e. The first-order valence-corrected chi connectivity index (χ1v) is 5.92. The zero-order valence-corrected chi connectivity index (χ0v) is 10.0. The molecule has 4 heteroatoms. The number of fused-ring (bicyclic) bond motifs is 1. The van der Waals surface area contributed by atoms with E-state index in [1.165, 1.54) is 0 Å². The number of aliphatic hydroxyl groups excluding tert-OH is 1. The summed E-state index contributed by atoms with van der Waals surface area (Å²) in [6, 6.07) is 7.90. The summed E-state index contributed by atoms with van der Waals surface area (Å²) in [5.74, 6) is 0.153. The van der Waals surface area contributed by atoms with Crippen LogP contribution in [0.2, 0.25) is 0 Å². The number of carbonyl (C=O) groups is 1. The third-order valence-corrected chi connectivity index (χ3v) is 2.98. The predicted octanol–water partition coefficient (Wildman–Crippen LogP) is 0.751. The number of benzene rings is 1. The van der Waals surface area contributed by atoms with Crippen molar-refractivity contribution in [3.05, 3.63) is 29.8 Å². The monoisotopic (exact) mass is 234 g/mol. The molecule has 0 fully saturated rings. The average molecular weight is 234 g/mol. The van der Waals surface area contributed by atoms with E-state index in [9.17, 15) is 4.79 Å². The summed E-state index contributed by atoms with van der Waals surface area (Å²) in [6.45, 7) is 3.67. The number of carbonyl (C=O) groups excluding carboxylic acids is 1. The predicted molar refractivity (Wildman–Crippen MR) is 66.8 cm³/mol. The summed E-state index contributed by atoms with van der Waals surface area (Å²) in [5, 5.41) is 12.2. The van der Waals surface area contributed by atoms with E-state index in [0.717, 1.165) is 11.3 Å². The van der Waals surface area contributed by atoms with Crippen LogP contribution in [0.5, 0.6) is 0 Å². The molecule has 1 atom stereocenters. The van der Waals surface area contributed by atoms with Gasteiger partial charge in [0.15, 0.2) is 0 Å². The smallest absolute Gasteiger partial charge is 0.240 e. The second kappa shape index (κ2) is 5.29. The Balaban J connectivity index is 2.30. The highest BCUT2D eigenvalue weighted by Crippen LogP contribution is 2.23. The third-order valence-electron chi connectivity index (χ3n) is 2.98. The van der Waals surface area contributed by atoms with E-state index in [4.69, 9.17) is 5.11 Å². The topological polar surface area (TPSA) is 52.6 Å². The molecule has 1 heterocycles. The van der Waals surface area contributed by atoms with E-state index in [-0.39, 0.29) is 18.4 Å². The normalized spacial score (nSPS) is 17.5. The lowest BCUT2D eigenvalue weighted by Gasteiger charge is -2.25. The Morgan fingerprint density at radius 3 is 2.94 bits per heavy atom. The Morgan fingerprint density at radius 1 is 1.41 bits per heavy atom. The largest absolute Gasteiger partial charge is 0.396 e. The molecule has 17 heavy (non-hydrogen) atoms. The summed E-state index contributed by atoms with van der Waals surface area (Å²) in [4.78, 5) is 13.8. The standard InChI is InChI=1S/C13H18N2O2/c1-10(9-16)8-15-12-5-3-2-4-11(12)6-14-7-13(15)17/h2-5,10,14,16H,6-9H2,1H3. The number of rotatable bonds is 3. The molecular formula is C13H18N2O2. The van der Waals surface area contributed by atoms with Gasteiger partial charge in [0, 0.05) is 25.4 Å². The van der Waals surface area contributed by atoms with Gasteiger partial charge in [-0.1, -0.05) is 25.1 Å². The fraction of sp³-hybridized carbons (Fsp3) is 0.462. The van der Waals surface area contributed by atoms with Crippen LogP contribution in [-0.2, 0) is 11.3 Å². The number of aliphatic hydroxyl groups is 1. The highest BCUT2D eigenvalue weighted by Gasteiger charge is 2.22. The number of para-hydroxylation sites is 1. The van der Waals surface area contributed by atoms with Crippen LogP contribution in [0.1, 0.15) is 12.5 Å². The molecule has 0 bridgehead atoms. The minimum absolute atomic E-state index is 0.0650. The van der Waals surface area contributed by atoms with E-state index in [0.29, 0.717) is 19.6 Å². The van der Waals surface area contributed by atoms with Crippen LogP contribution in [0, 0.1) is 5.92 Å². The molecule has 0 saturated heterocycles. The Bertz CT molecular complexity index is 406. The van der Waals surface area contributed by atoms with Gasteiger partial charge in [-0.2, -0.15) is 0 Å². The first kappa shape index (κ1) is 12.1. The number of anilines is 1. The molecule has 1 amide bonds. The first-order valence-electron chi connectivity index (χ1n) is 5.92. The van der Waals surface area contributed by atoms with Crippen LogP contribution in [-0.4, -0.2) is 30.7 Å². The number of hydrogen-bond acceptors (Lipinski definition) is 3. The Hall–Kier alpha value is -1.39. The minimum atomic E-state index is 0.0650. The molecule has 1 aromatic carbocycles. The van der Waals surface area contributed by atoms with Crippen molar-refractivity contribution in [3.63, 3.8) is 0 Å². The molecule has 2 N–H and O–H groups in total. The number of hydrogen-bond donors (Lipinski definition) is 2. The maximum absolute atomic E-state index is 12.0. The second-order valence-corrected chi connectivity index (χ2v) is 4.52. The molecule has 0 spiro atoms. The van der Waals surface area contributed by atoms with Crippen LogP contribution >= 0.6 is 0 Å². The van der Waals surface area contributed by atoms with Gasteiger partial charge < -0.3 is 15.3 Å². The summed E-state index contributed by atoms with van der Waals surface area (Å²) in [6.07, 6.45) is 0. The summed E-state index contributed by atoms with van der Waals surface area (Å²) >= 11 is 0. The molecule has 1 aromatic rings. The van der Waals surface area contributed by atoms with Crippen molar-refractivity contribution in [2.75, 3.05) is 24.6 Å². The van der Waals surface area contributed by atoms with E-state index >= 15 is 0 Å². The lowest BCUT2D eigenvalue weighted by atomic mass is 10.1. The average Bonchev–Trinajstić information content (AvgIpc) is 2.50. The third kappa shape index (κ3) is 2.65. The van der Waals surface area contributed by atoms with Crippen molar-refractivity contribution in [1.82, 2.24) is 5.32 Å². The molecule has 1 aliphatic heterocycles. The van der Waals surface area contributed by atoms with Crippen LogP contribution in [0.3, 0.4) is 0 Å². The summed E-state index contributed by atoms with van der Waals surface area (Å²) < 4.78 is 0. The van der Waals surface area contributed by atoms with Gasteiger partial charge in [0.25, 0.3) is 0 Å². The van der Waals surface area contributed by atoms with Crippen LogP contribution in [0.4, 0.5) is 5.69 Å². The van der Waals surface area contributed by atoms with Gasteiger partial charge in [-0.05, 0) is 17.5 Å². The van der Waals surface area contributed by atoms with Gasteiger partial charge in [0.1, 0.15) is 0 Å². The van der Waals surface area contributed by atoms with E-state index in [2.05, 4.69) is 5.32 Å². The number of nitrogens with one attached hydrogen (secondary N) is 1. The van der Waals surface area contributed by atoms with Gasteiger partial charge in [-0.3, -0.25) is 4.79 Å². The highest BCUT2D eigenvalue weighted by molar-refractivity contribution is 5.96. The fourth-order valence-electron chi connectivity index (χ4n) is 2.03. The SMILES string of the molecule is CC(CO)CN1C(=O)CNCc2ccccc21. The van der Waals surface area contributed by atoms with Crippen molar-refractivity contribution in [2.45, 2.75) is 13.5 Å². The molecule has 0 aliphatic carbocycles. The quantitative estimate of drug-likeness (QED) is 0.811. The van der Waals surface area contributed by atoms with Gasteiger partial charge >= 0.3 is 0 Å². The molecule has 1 unspecified atom stereocenters. The molecule has 1 aliphatic rings. The summed E-state index contributed by atoms with van der Waals surface area (Å²) in [5.41, 5.74) is 2.09. The molecule has 92 valence electrons. The molecule has 4 nitrogen and oxygen atoms in total. The maximum atomic E-state index is 12.0. The fourth-order valence-corrected chi connectivity index (χ4v) is 2.03. The zero-order chi connectivity index (χ0) is 12.3. The molecule has 2 rings (SSSR count). The number of nitrogens with zero attached hydrogens (tertiary/aromatic N) is 1. The summed E-state index contributed by atoms with van der Waals surface area (Å²) in [7, 11) is 0. The molecule has 0 aromatic heterocycles.